The Kier molecular flexibility index (Phi) is 5.78. The average Bonchev–Trinajstić information content (AvgIpc) is 2.45. The fourth-order valence-corrected chi connectivity index (χ4v) is 3.79. The molecule has 1 heterocycles. The highest BCUT2D eigenvalue weighted by Crippen LogP contribution is 2.35. The number of nitrogens with one attached hydrogen (secondary N) is 1. The molecule has 21 heavy (non-hydrogen) atoms. The topological polar surface area (TPSA) is 47.3 Å². The number of rotatable bonds is 5. The zero-order chi connectivity index (χ0) is 15.3. The molecule has 118 valence electrons. The van der Waals surface area contributed by atoms with Crippen molar-refractivity contribution in [1.29, 1.82) is 0 Å². The minimum absolute atomic E-state index is 0.182. The zero-order valence-corrected chi connectivity index (χ0v) is 12.3. The third-order valence-electron chi connectivity index (χ3n) is 3.63. The van der Waals surface area contributed by atoms with Gasteiger partial charge in [-0.25, -0.2) is 0 Å². The van der Waals surface area contributed by atoms with Crippen molar-refractivity contribution in [1.82, 2.24) is 5.43 Å². The Morgan fingerprint density at radius 2 is 1.95 bits per heavy atom. The largest absolute Gasteiger partial charge is 0.573 e. The van der Waals surface area contributed by atoms with Gasteiger partial charge in [-0.3, -0.25) is 11.3 Å². The first kappa shape index (κ1) is 16.5. The number of nitrogens with two attached hydrogens (primary N) is 1. The molecule has 0 bridgehead atoms. The van der Waals surface area contributed by atoms with Crippen LogP contribution in [-0.4, -0.2) is 17.9 Å². The number of hydrazine groups is 1. The molecule has 1 aromatic carbocycles. The lowest BCUT2D eigenvalue weighted by molar-refractivity contribution is -0.275. The fourth-order valence-electron chi connectivity index (χ4n) is 2.59. The summed E-state index contributed by atoms with van der Waals surface area (Å²) >= 11 is 1.92. The van der Waals surface area contributed by atoms with E-state index < -0.39 is 6.36 Å². The lowest BCUT2D eigenvalue weighted by Gasteiger charge is -2.27. The molecule has 1 aliphatic rings. The van der Waals surface area contributed by atoms with Crippen LogP contribution in [0.25, 0.3) is 0 Å². The number of hydrogen-bond acceptors (Lipinski definition) is 4. The minimum Gasteiger partial charge on any atom is -0.405 e. The van der Waals surface area contributed by atoms with E-state index in [0.717, 1.165) is 30.8 Å². The standard InChI is InChI=1S/C14H19F3N2OS/c15-14(16,17)20-13-4-2-1-3-11(13)12(19-18)9-10-5-7-21-8-6-10/h1-4,10,12,19H,5-9,18H2. The molecule has 2 rings (SSSR count). The monoisotopic (exact) mass is 320 g/mol. The van der Waals surface area contributed by atoms with Gasteiger partial charge in [-0.15, -0.1) is 13.2 Å². The first-order valence-corrected chi connectivity index (χ1v) is 8.03. The number of thioether (sulfide) groups is 1. The highest BCUT2D eigenvalue weighted by atomic mass is 32.2. The molecular weight excluding hydrogens is 301 g/mol. The molecule has 0 aliphatic carbocycles. The first-order chi connectivity index (χ1) is 9.99. The van der Waals surface area contributed by atoms with Crippen molar-refractivity contribution in [2.75, 3.05) is 11.5 Å². The predicted octanol–water partition coefficient (Wildman–Crippen LogP) is 3.62. The average molecular weight is 320 g/mol. The third-order valence-corrected chi connectivity index (χ3v) is 4.68. The lowest BCUT2D eigenvalue weighted by Crippen LogP contribution is -2.31. The first-order valence-electron chi connectivity index (χ1n) is 6.88. The van der Waals surface area contributed by atoms with Crippen LogP contribution < -0.4 is 16.0 Å². The van der Waals surface area contributed by atoms with Crippen LogP contribution in [0, 0.1) is 5.92 Å². The molecule has 0 saturated carbocycles. The van der Waals surface area contributed by atoms with Gasteiger partial charge in [0, 0.05) is 11.6 Å². The Bertz CT molecular complexity index is 450. The zero-order valence-electron chi connectivity index (χ0n) is 11.5. The second-order valence-corrected chi connectivity index (χ2v) is 6.32. The predicted molar refractivity (Wildman–Crippen MR) is 77.9 cm³/mol. The van der Waals surface area contributed by atoms with Crippen LogP contribution in [-0.2, 0) is 0 Å². The van der Waals surface area contributed by atoms with Crippen molar-refractivity contribution in [2.24, 2.45) is 11.8 Å². The molecule has 0 aromatic heterocycles. The van der Waals surface area contributed by atoms with Gasteiger partial charge in [0.15, 0.2) is 0 Å². The summed E-state index contributed by atoms with van der Waals surface area (Å²) in [7, 11) is 0. The Balaban J connectivity index is 2.13. The van der Waals surface area contributed by atoms with Gasteiger partial charge < -0.3 is 4.74 Å². The molecular formula is C14H19F3N2OS. The van der Waals surface area contributed by atoms with Crippen molar-refractivity contribution in [3.05, 3.63) is 29.8 Å². The van der Waals surface area contributed by atoms with Crippen molar-refractivity contribution in [2.45, 2.75) is 31.7 Å². The molecule has 3 nitrogen and oxygen atoms in total. The Morgan fingerprint density at radius 1 is 1.29 bits per heavy atom. The summed E-state index contributed by atoms with van der Waals surface area (Å²) in [6.45, 7) is 0. The summed E-state index contributed by atoms with van der Waals surface area (Å²) in [5.41, 5.74) is 3.09. The summed E-state index contributed by atoms with van der Waals surface area (Å²) in [5, 5.41) is 0. The van der Waals surface area contributed by atoms with E-state index in [0.29, 0.717) is 11.5 Å². The van der Waals surface area contributed by atoms with Crippen LogP contribution in [0.5, 0.6) is 5.75 Å². The normalized spacial score (nSPS) is 18.5. The second-order valence-electron chi connectivity index (χ2n) is 5.10. The molecule has 1 saturated heterocycles. The number of hydrogen-bond donors (Lipinski definition) is 2. The number of ether oxygens (including phenoxy) is 1. The Hall–Kier alpha value is -0.920. The van der Waals surface area contributed by atoms with E-state index in [2.05, 4.69) is 10.2 Å². The summed E-state index contributed by atoms with van der Waals surface area (Å²) in [6, 6.07) is 5.83. The van der Waals surface area contributed by atoms with Gasteiger partial charge in [0.05, 0.1) is 0 Å². The summed E-state index contributed by atoms with van der Waals surface area (Å²) < 4.78 is 41.5. The third kappa shape index (κ3) is 5.09. The van der Waals surface area contributed by atoms with Crippen LogP contribution in [0.4, 0.5) is 13.2 Å². The van der Waals surface area contributed by atoms with E-state index in [1.54, 1.807) is 12.1 Å². The maximum atomic E-state index is 12.5. The van der Waals surface area contributed by atoms with Gasteiger partial charge in [-0.1, -0.05) is 18.2 Å². The molecule has 3 N–H and O–H groups in total. The smallest absolute Gasteiger partial charge is 0.405 e. The summed E-state index contributed by atoms with van der Waals surface area (Å²) in [4.78, 5) is 0. The van der Waals surface area contributed by atoms with E-state index in [1.807, 2.05) is 11.8 Å². The summed E-state index contributed by atoms with van der Waals surface area (Å²) in [6.07, 6.45) is -1.83. The van der Waals surface area contributed by atoms with Crippen LogP contribution in [0.15, 0.2) is 24.3 Å². The number of halogens is 3. The minimum atomic E-state index is -4.70. The van der Waals surface area contributed by atoms with Gasteiger partial charge in [0.2, 0.25) is 0 Å². The van der Waals surface area contributed by atoms with Gasteiger partial charge in [-0.05, 0) is 42.8 Å². The molecule has 1 unspecified atom stereocenters. The SMILES string of the molecule is NNC(CC1CCSCC1)c1ccccc1OC(F)(F)F. The number of para-hydroxylation sites is 1. The van der Waals surface area contributed by atoms with Crippen LogP contribution in [0.1, 0.15) is 30.9 Å². The summed E-state index contributed by atoms with van der Waals surface area (Å²) in [5.74, 6) is 8.06. The van der Waals surface area contributed by atoms with Gasteiger partial charge in [0.1, 0.15) is 5.75 Å². The van der Waals surface area contributed by atoms with Gasteiger partial charge >= 0.3 is 6.36 Å². The molecule has 1 aromatic rings. The van der Waals surface area contributed by atoms with E-state index in [-0.39, 0.29) is 11.8 Å². The Labute approximate surface area is 126 Å². The van der Waals surface area contributed by atoms with Crippen molar-refractivity contribution >= 4 is 11.8 Å². The second kappa shape index (κ2) is 7.38. The van der Waals surface area contributed by atoms with E-state index in [4.69, 9.17) is 5.84 Å². The number of benzene rings is 1. The van der Waals surface area contributed by atoms with Crippen LogP contribution >= 0.6 is 11.8 Å². The van der Waals surface area contributed by atoms with Crippen molar-refractivity contribution in [3.63, 3.8) is 0 Å². The van der Waals surface area contributed by atoms with Crippen LogP contribution in [0.3, 0.4) is 0 Å². The molecule has 1 aliphatic heterocycles. The maximum Gasteiger partial charge on any atom is 0.573 e. The molecule has 1 fully saturated rings. The molecule has 0 spiro atoms. The fraction of sp³-hybridized carbons (Fsp3) is 0.571. The molecule has 7 heteroatoms. The van der Waals surface area contributed by atoms with Crippen molar-refractivity contribution < 1.29 is 17.9 Å². The van der Waals surface area contributed by atoms with Crippen LogP contribution in [0.2, 0.25) is 0 Å². The molecule has 0 radical (unpaired) electrons. The molecule has 0 amide bonds. The van der Waals surface area contributed by atoms with Gasteiger partial charge in [-0.2, -0.15) is 11.8 Å². The van der Waals surface area contributed by atoms with E-state index in [1.165, 1.54) is 12.1 Å². The molecule has 1 atom stereocenters. The van der Waals surface area contributed by atoms with E-state index in [9.17, 15) is 13.2 Å². The Morgan fingerprint density at radius 3 is 2.57 bits per heavy atom. The quantitative estimate of drug-likeness (QED) is 0.642. The highest BCUT2D eigenvalue weighted by Gasteiger charge is 2.33. The van der Waals surface area contributed by atoms with Crippen molar-refractivity contribution in [3.8, 4) is 5.75 Å². The highest BCUT2D eigenvalue weighted by molar-refractivity contribution is 7.99. The van der Waals surface area contributed by atoms with Gasteiger partial charge in [0.25, 0.3) is 0 Å². The lowest BCUT2D eigenvalue weighted by atomic mass is 9.90. The van der Waals surface area contributed by atoms with E-state index >= 15 is 0 Å². The number of alkyl halides is 3. The maximum absolute atomic E-state index is 12.5.